The van der Waals surface area contributed by atoms with Crippen molar-refractivity contribution in [2.45, 2.75) is 32.7 Å². The standard InChI is InChI=1S/C24H26N2O4/c1-17-6-8-19(9-7-17)10-11-23(28)25-21-12-14-26(15-13-21)24(29)20-4-3-5-22(16-20)30-18(2)27/h3-11,16,21H,12-15H2,1-2H3,(H,25,28)/b11-10+. The Morgan fingerprint density at radius 3 is 2.43 bits per heavy atom. The number of aryl methyl sites for hydroxylation is 1. The van der Waals surface area contributed by atoms with Gasteiger partial charge < -0.3 is 15.0 Å². The number of likely N-dealkylation sites (tertiary alicyclic amines) is 1. The van der Waals surface area contributed by atoms with Gasteiger partial charge in [-0.2, -0.15) is 0 Å². The van der Waals surface area contributed by atoms with E-state index in [-0.39, 0.29) is 17.9 Å². The molecule has 0 aliphatic carbocycles. The molecule has 2 aromatic carbocycles. The van der Waals surface area contributed by atoms with E-state index in [1.807, 2.05) is 31.2 Å². The zero-order valence-corrected chi connectivity index (χ0v) is 17.3. The topological polar surface area (TPSA) is 75.7 Å². The number of nitrogens with one attached hydrogen (secondary N) is 1. The second kappa shape index (κ2) is 9.87. The molecule has 1 aliphatic heterocycles. The van der Waals surface area contributed by atoms with Gasteiger partial charge in [0.15, 0.2) is 0 Å². The van der Waals surface area contributed by atoms with Crippen LogP contribution >= 0.6 is 0 Å². The van der Waals surface area contributed by atoms with E-state index in [9.17, 15) is 14.4 Å². The predicted octanol–water partition coefficient (Wildman–Crippen LogP) is 3.35. The molecule has 0 atom stereocenters. The molecule has 1 N–H and O–H groups in total. The Balaban J connectivity index is 1.49. The van der Waals surface area contributed by atoms with Gasteiger partial charge in [-0.3, -0.25) is 14.4 Å². The summed E-state index contributed by atoms with van der Waals surface area (Å²) in [7, 11) is 0. The molecular weight excluding hydrogens is 380 g/mol. The molecule has 0 bridgehead atoms. The molecule has 0 saturated carbocycles. The lowest BCUT2D eigenvalue weighted by atomic mass is 10.0. The number of carbonyl (C=O) groups is 3. The molecule has 6 nitrogen and oxygen atoms in total. The lowest BCUT2D eigenvalue weighted by Gasteiger charge is -2.32. The number of rotatable bonds is 5. The summed E-state index contributed by atoms with van der Waals surface area (Å²) in [5.74, 6) is -0.300. The fourth-order valence-corrected chi connectivity index (χ4v) is 3.37. The number of nitrogens with zero attached hydrogens (tertiary/aromatic N) is 1. The van der Waals surface area contributed by atoms with Gasteiger partial charge in [0.1, 0.15) is 5.75 Å². The van der Waals surface area contributed by atoms with Crippen molar-refractivity contribution in [2.24, 2.45) is 0 Å². The molecule has 1 fully saturated rings. The van der Waals surface area contributed by atoms with Crippen molar-refractivity contribution in [3.05, 3.63) is 71.3 Å². The second-order valence-corrected chi connectivity index (χ2v) is 7.44. The maximum atomic E-state index is 12.7. The molecule has 1 saturated heterocycles. The second-order valence-electron chi connectivity index (χ2n) is 7.44. The first kappa shape index (κ1) is 21.3. The van der Waals surface area contributed by atoms with Gasteiger partial charge in [-0.1, -0.05) is 35.9 Å². The van der Waals surface area contributed by atoms with Crippen LogP contribution in [0.3, 0.4) is 0 Å². The maximum Gasteiger partial charge on any atom is 0.308 e. The quantitative estimate of drug-likeness (QED) is 0.469. The minimum absolute atomic E-state index is 0.0385. The fraction of sp³-hybridized carbons (Fsp3) is 0.292. The fourth-order valence-electron chi connectivity index (χ4n) is 3.37. The highest BCUT2D eigenvalue weighted by atomic mass is 16.5. The van der Waals surface area contributed by atoms with Gasteiger partial charge in [-0.15, -0.1) is 0 Å². The maximum absolute atomic E-state index is 12.7. The summed E-state index contributed by atoms with van der Waals surface area (Å²) < 4.78 is 5.05. The molecular formula is C24H26N2O4. The summed E-state index contributed by atoms with van der Waals surface area (Å²) >= 11 is 0. The molecule has 156 valence electrons. The van der Waals surface area contributed by atoms with E-state index in [0.29, 0.717) is 37.2 Å². The van der Waals surface area contributed by atoms with Crippen LogP contribution in [0.4, 0.5) is 0 Å². The lowest BCUT2D eigenvalue weighted by Crippen LogP contribution is -2.46. The number of hydrogen-bond acceptors (Lipinski definition) is 4. The minimum Gasteiger partial charge on any atom is -0.427 e. The van der Waals surface area contributed by atoms with Gasteiger partial charge in [-0.25, -0.2) is 0 Å². The van der Waals surface area contributed by atoms with Crippen molar-refractivity contribution in [2.75, 3.05) is 13.1 Å². The van der Waals surface area contributed by atoms with Crippen LogP contribution < -0.4 is 10.1 Å². The van der Waals surface area contributed by atoms with Crippen LogP contribution in [0.2, 0.25) is 0 Å². The molecule has 0 aromatic heterocycles. The average Bonchev–Trinajstić information content (AvgIpc) is 2.73. The highest BCUT2D eigenvalue weighted by Gasteiger charge is 2.24. The van der Waals surface area contributed by atoms with Crippen molar-refractivity contribution < 1.29 is 19.1 Å². The highest BCUT2D eigenvalue weighted by molar-refractivity contribution is 5.95. The average molecular weight is 406 g/mol. The molecule has 30 heavy (non-hydrogen) atoms. The first-order valence-corrected chi connectivity index (χ1v) is 10.0. The number of piperidine rings is 1. The predicted molar refractivity (Wildman–Crippen MR) is 115 cm³/mol. The number of esters is 1. The van der Waals surface area contributed by atoms with Crippen molar-refractivity contribution in [1.82, 2.24) is 10.2 Å². The first-order chi connectivity index (χ1) is 14.4. The van der Waals surface area contributed by atoms with Crippen LogP contribution in [0.25, 0.3) is 6.08 Å². The molecule has 6 heteroatoms. The minimum atomic E-state index is -0.424. The largest absolute Gasteiger partial charge is 0.427 e. The summed E-state index contributed by atoms with van der Waals surface area (Å²) in [5, 5.41) is 3.01. The van der Waals surface area contributed by atoms with Crippen LogP contribution in [-0.2, 0) is 9.59 Å². The van der Waals surface area contributed by atoms with Gasteiger partial charge in [-0.05, 0) is 49.6 Å². The van der Waals surface area contributed by atoms with Gasteiger partial charge in [0.05, 0.1) is 0 Å². The van der Waals surface area contributed by atoms with E-state index < -0.39 is 5.97 Å². The van der Waals surface area contributed by atoms with Crippen LogP contribution in [0.1, 0.15) is 41.3 Å². The van der Waals surface area contributed by atoms with E-state index in [1.165, 1.54) is 12.5 Å². The number of carbonyl (C=O) groups excluding carboxylic acids is 3. The monoisotopic (exact) mass is 406 g/mol. The van der Waals surface area contributed by atoms with E-state index in [2.05, 4.69) is 5.32 Å². The SMILES string of the molecule is CC(=O)Oc1cccc(C(=O)N2CCC(NC(=O)/C=C/c3ccc(C)cc3)CC2)c1. The Kier molecular flexibility index (Phi) is 7.01. The summed E-state index contributed by atoms with van der Waals surface area (Å²) in [5.41, 5.74) is 2.64. The third-order valence-electron chi connectivity index (χ3n) is 4.98. The van der Waals surface area contributed by atoms with E-state index in [0.717, 1.165) is 5.56 Å². The van der Waals surface area contributed by atoms with Crippen molar-refractivity contribution in [1.29, 1.82) is 0 Å². The van der Waals surface area contributed by atoms with Gasteiger partial charge in [0.25, 0.3) is 5.91 Å². The third-order valence-corrected chi connectivity index (χ3v) is 4.98. The van der Waals surface area contributed by atoms with E-state index in [4.69, 9.17) is 4.74 Å². The molecule has 0 spiro atoms. The summed E-state index contributed by atoms with van der Waals surface area (Å²) in [6.45, 7) is 4.46. The zero-order chi connectivity index (χ0) is 21.5. The van der Waals surface area contributed by atoms with Gasteiger partial charge in [0.2, 0.25) is 5.91 Å². The van der Waals surface area contributed by atoms with Gasteiger partial charge in [0, 0.05) is 37.7 Å². The Bertz CT molecular complexity index is 942. The third kappa shape index (κ3) is 6.04. The smallest absolute Gasteiger partial charge is 0.308 e. The van der Waals surface area contributed by atoms with Crippen LogP contribution in [0, 0.1) is 6.92 Å². The van der Waals surface area contributed by atoms with Crippen LogP contribution in [-0.4, -0.2) is 41.8 Å². The van der Waals surface area contributed by atoms with Crippen molar-refractivity contribution in [3.63, 3.8) is 0 Å². The number of benzene rings is 2. The molecule has 1 heterocycles. The molecule has 0 radical (unpaired) electrons. The van der Waals surface area contributed by atoms with Crippen LogP contribution in [0.5, 0.6) is 5.75 Å². The molecule has 2 aromatic rings. The normalized spacial score (nSPS) is 14.5. The summed E-state index contributed by atoms with van der Waals surface area (Å²) in [6.07, 6.45) is 4.73. The Labute approximate surface area is 176 Å². The number of amides is 2. The van der Waals surface area contributed by atoms with E-state index in [1.54, 1.807) is 41.3 Å². The Morgan fingerprint density at radius 1 is 1.07 bits per heavy atom. The van der Waals surface area contributed by atoms with Crippen molar-refractivity contribution >= 4 is 23.9 Å². The number of hydrogen-bond donors (Lipinski definition) is 1. The lowest BCUT2D eigenvalue weighted by molar-refractivity contribution is -0.131. The van der Waals surface area contributed by atoms with Gasteiger partial charge >= 0.3 is 5.97 Å². The molecule has 3 rings (SSSR count). The number of ether oxygens (including phenoxy) is 1. The Hall–Kier alpha value is -3.41. The highest BCUT2D eigenvalue weighted by Crippen LogP contribution is 2.18. The summed E-state index contributed by atoms with van der Waals surface area (Å²) in [4.78, 5) is 37.8. The van der Waals surface area contributed by atoms with E-state index >= 15 is 0 Å². The first-order valence-electron chi connectivity index (χ1n) is 10.0. The Morgan fingerprint density at radius 2 is 1.77 bits per heavy atom. The molecule has 2 amide bonds. The molecule has 1 aliphatic rings. The molecule has 0 unspecified atom stereocenters. The summed E-state index contributed by atoms with van der Waals surface area (Å²) in [6, 6.07) is 14.6. The van der Waals surface area contributed by atoms with Crippen LogP contribution in [0.15, 0.2) is 54.6 Å². The van der Waals surface area contributed by atoms with Crippen molar-refractivity contribution in [3.8, 4) is 5.75 Å². The zero-order valence-electron chi connectivity index (χ0n) is 17.3.